The van der Waals surface area contributed by atoms with E-state index >= 15 is 0 Å². The summed E-state index contributed by atoms with van der Waals surface area (Å²) in [7, 11) is -4.56. The van der Waals surface area contributed by atoms with Gasteiger partial charge in [0, 0.05) is 35.1 Å². The summed E-state index contributed by atoms with van der Waals surface area (Å²) < 4.78 is 64.5. The molecule has 0 aliphatic heterocycles. The van der Waals surface area contributed by atoms with Gasteiger partial charge in [-0.15, -0.1) is 0 Å². The monoisotopic (exact) mass is 547 g/mol. The highest BCUT2D eigenvalue weighted by Crippen LogP contribution is 2.37. The molecule has 8 nitrogen and oxygen atoms in total. The summed E-state index contributed by atoms with van der Waals surface area (Å²) in [6.07, 6.45) is 5.64. The Morgan fingerprint density at radius 2 is 1.67 bits per heavy atom. The Balaban J connectivity index is 1.51. The maximum absolute atomic E-state index is 15.0. The molecule has 0 saturated carbocycles. The molecule has 0 aliphatic carbocycles. The van der Waals surface area contributed by atoms with Crippen LogP contribution in [0, 0.1) is 11.6 Å². The van der Waals surface area contributed by atoms with Gasteiger partial charge in [-0.1, -0.05) is 29.3 Å². The van der Waals surface area contributed by atoms with Gasteiger partial charge in [-0.25, -0.2) is 36.9 Å². The Bertz CT molecular complexity index is 1710. The van der Waals surface area contributed by atoms with Crippen molar-refractivity contribution in [2.45, 2.75) is 4.90 Å². The second-order valence-corrected chi connectivity index (χ2v) is 9.88. The van der Waals surface area contributed by atoms with Crippen LogP contribution in [0.5, 0.6) is 11.5 Å². The van der Waals surface area contributed by atoms with Crippen LogP contribution in [0.4, 0.5) is 14.7 Å². The molecule has 0 fully saturated rings. The van der Waals surface area contributed by atoms with E-state index in [1.54, 1.807) is 41.1 Å². The van der Waals surface area contributed by atoms with E-state index < -0.39 is 32.3 Å². The molecule has 3 heterocycles. The van der Waals surface area contributed by atoms with Crippen molar-refractivity contribution in [1.82, 2.24) is 19.4 Å². The topological polar surface area (TPSA) is 98.5 Å². The Morgan fingerprint density at radius 3 is 2.44 bits per heavy atom. The fourth-order valence-corrected chi connectivity index (χ4v) is 4.71. The van der Waals surface area contributed by atoms with E-state index in [-0.39, 0.29) is 16.7 Å². The average Bonchev–Trinajstić information content (AvgIpc) is 3.33. The van der Waals surface area contributed by atoms with Gasteiger partial charge in [0.15, 0.2) is 11.6 Å². The molecule has 0 unspecified atom stereocenters. The van der Waals surface area contributed by atoms with Crippen molar-refractivity contribution in [3.05, 3.63) is 95.0 Å². The van der Waals surface area contributed by atoms with Crippen molar-refractivity contribution >= 4 is 44.8 Å². The molecule has 0 atom stereocenters. The van der Waals surface area contributed by atoms with Crippen molar-refractivity contribution in [3.63, 3.8) is 0 Å². The normalized spacial score (nSPS) is 11.6. The number of rotatable bonds is 6. The number of nitrogens with zero attached hydrogens (tertiary/aromatic N) is 4. The molecule has 0 radical (unpaired) electrons. The van der Waals surface area contributed by atoms with Gasteiger partial charge in [0.1, 0.15) is 22.1 Å². The van der Waals surface area contributed by atoms with Crippen molar-refractivity contribution in [2.75, 3.05) is 4.72 Å². The van der Waals surface area contributed by atoms with Crippen LogP contribution in [0.1, 0.15) is 0 Å². The van der Waals surface area contributed by atoms with Crippen molar-refractivity contribution in [1.29, 1.82) is 0 Å². The lowest BCUT2D eigenvalue weighted by Crippen LogP contribution is -2.17. The van der Waals surface area contributed by atoms with Crippen molar-refractivity contribution in [3.8, 4) is 22.8 Å². The molecule has 36 heavy (non-hydrogen) atoms. The van der Waals surface area contributed by atoms with E-state index in [1.807, 2.05) is 4.72 Å². The number of imidazole rings is 1. The maximum atomic E-state index is 15.0. The van der Waals surface area contributed by atoms with Gasteiger partial charge in [0.2, 0.25) is 5.95 Å². The first-order valence-corrected chi connectivity index (χ1v) is 12.3. The first-order chi connectivity index (χ1) is 17.2. The Hall–Kier alpha value is -3.80. The lowest BCUT2D eigenvalue weighted by molar-refractivity contribution is 0.433. The van der Waals surface area contributed by atoms with Crippen molar-refractivity contribution < 1.29 is 21.9 Å². The van der Waals surface area contributed by atoms with Crippen LogP contribution in [-0.2, 0) is 10.0 Å². The zero-order valence-corrected chi connectivity index (χ0v) is 20.2. The predicted octanol–water partition coefficient (Wildman–Crippen LogP) is 5.97. The van der Waals surface area contributed by atoms with Crippen LogP contribution in [0.2, 0.25) is 10.0 Å². The Kier molecular flexibility index (Phi) is 6.20. The molecule has 5 aromatic rings. The molecule has 0 amide bonds. The SMILES string of the molecule is O=S(=O)(Nc1ncc(Cl)cn1)c1cc(F)c(Oc2ccc(Cl)cc2-c2cccc3nccn23)cc1F. The van der Waals surface area contributed by atoms with E-state index in [2.05, 4.69) is 15.0 Å². The van der Waals surface area contributed by atoms with E-state index in [0.29, 0.717) is 34.1 Å². The third kappa shape index (κ3) is 4.68. The molecule has 0 spiro atoms. The van der Waals surface area contributed by atoms with E-state index in [0.717, 1.165) is 12.4 Å². The summed E-state index contributed by atoms with van der Waals surface area (Å²) in [6, 6.07) is 11.1. The van der Waals surface area contributed by atoms with Gasteiger partial charge >= 0.3 is 0 Å². The second-order valence-electron chi connectivity index (χ2n) is 7.35. The van der Waals surface area contributed by atoms with Crippen LogP contribution >= 0.6 is 23.2 Å². The van der Waals surface area contributed by atoms with Gasteiger partial charge in [-0.3, -0.25) is 4.40 Å². The van der Waals surface area contributed by atoms with Crippen LogP contribution in [0.15, 0.2) is 78.2 Å². The Morgan fingerprint density at radius 1 is 0.889 bits per heavy atom. The summed E-state index contributed by atoms with van der Waals surface area (Å²) in [4.78, 5) is 10.7. The molecule has 182 valence electrons. The summed E-state index contributed by atoms with van der Waals surface area (Å²) in [5.41, 5.74) is 1.77. The Labute approximate surface area is 213 Å². The number of nitrogens with one attached hydrogen (secondary N) is 1. The summed E-state index contributed by atoms with van der Waals surface area (Å²) >= 11 is 11.9. The van der Waals surface area contributed by atoms with Crippen molar-refractivity contribution in [2.24, 2.45) is 0 Å². The minimum absolute atomic E-state index is 0.155. The number of aromatic nitrogens is 4. The molecule has 3 aromatic heterocycles. The number of hydrogen-bond acceptors (Lipinski definition) is 6. The largest absolute Gasteiger partial charge is 0.453 e. The van der Waals surface area contributed by atoms with Gasteiger partial charge in [-0.05, 0) is 30.3 Å². The average molecular weight is 548 g/mol. The number of anilines is 1. The fraction of sp³-hybridized carbons (Fsp3) is 0. The van der Waals surface area contributed by atoms with Gasteiger partial charge in [-0.2, -0.15) is 0 Å². The first kappa shape index (κ1) is 23.9. The smallest absolute Gasteiger partial charge is 0.267 e. The molecule has 0 bridgehead atoms. The number of halogens is 4. The quantitative estimate of drug-likeness (QED) is 0.281. The second kappa shape index (κ2) is 9.34. The van der Waals surface area contributed by atoms with Crippen LogP contribution in [-0.4, -0.2) is 27.8 Å². The lowest BCUT2D eigenvalue weighted by atomic mass is 10.1. The standard InChI is InChI=1S/C23H13Cl2F2N5O3S/c24-13-4-5-19(15(8-13)18-2-1-3-22-28-6-7-32(18)22)35-20-9-17(27)21(10-16(20)26)36(33,34)31-23-29-11-14(25)12-30-23/h1-12H,(H,29,30,31). The van der Waals surface area contributed by atoms with Gasteiger partial charge < -0.3 is 4.74 Å². The molecule has 5 rings (SSSR count). The number of ether oxygens (including phenoxy) is 1. The van der Waals surface area contributed by atoms with Crippen LogP contribution < -0.4 is 9.46 Å². The van der Waals surface area contributed by atoms with Gasteiger partial charge in [0.05, 0.1) is 23.1 Å². The molecule has 1 N–H and O–H groups in total. The third-order valence-electron chi connectivity index (χ3n) is 4.99. The van der Waals surface area contributed by atoms with Crippen LogP contribution in [0.25, 0.3) is 16.9 Å². The number of hydrogen-bond donors (Lipinski definition) is 1. The van der Waals surface area contributed by atoms with E-state index in [4.69, 9.17) is 27.9 Å². The number of benzene rings is 2. The van der Waals surface area contributed by atoms with E-state index in [9.17, 15) is 17.2 Å². The number of pyridine rings is 1. The molecule has 13 heteroatoms. The molecule has 0 aliphatic rings. The highest BCUT2D eigenvalue weighted by Gasteiger charge is 2.24. The first-order valence-electron chi connectivity index (χ1n) is 10.1. The third-order valence-corrected chi connectivity index (χ3v) is 6.76. The maximum Gasteiger partial charge on any atom is 0.267 e. The molecular weight excluding hydrogens is 535 g/mol. The lowest BCUT2D eigenvalue weighted by Gasteiger charge is -2.15. The summed E-state index contributed by atoms with van der Waals surface area (Å²) in [6.45, 7) is 0. The van der Waals surface area contributed by atoms with E-state index in [1.165, 1.54) is 12.1 Å². The highest BCUT2D eigenvalue weighted by atomic mass is 35.5. The summed E-state index contributed by atoms with van der Waals surface area (Å²) in [5.74, 6) is -3.10. The minimum Gasteiger partial charge on any atom is -0.453 e. The number of fused-ring (bicyclic) bond motifs is 1. The highest BCUT2D eigenvalue weighted by molar-refractivity contribution is 7.92. The predicted molar refractivity (Wildman–Crippen MR) is 130 cm³/mol. The fourth-order valence-electron chi connectivity index (χ4n) is 3.41. The zero-order valence-electron chi connectivity index (χ0n) is 17.9. The number of sulfonamides is 1. The minimum atomic E-state index is -4.56. The molecule has 0 saturated heterocycles. The van der Waals surface area contributed by atoms with Gasteiger partial charge in [0.25, 0.3) is 10.0 Å². The van der Waals surface area contributed by atoms with Crippen LogP contribution in [0.3, 0.4) is 0 Å². The molecule has 2 aromatic carbocycles. The zero-order chi connectivity index (χ0) is 25.4. The summed E-state index contributed by atoms with van der Waals surface area (Å²) in [5, 5.41) is 0.556. The molecular formula is C23H13Cl2F2N5O3S.